The van der Waals surface area contributed by atoms with E-state index in [9.17, 15) is 4.79 Å². The number of nitrogens with one attached hydrogen (secondary N) is 1. The highest BCUT2D eigenvalue weighted by Gasteiger charge is 2.18. The molecule has 0 saturated carbocycles. The molecule has 1 aromatic heterocycles. The van der Waals surface area contributed by atoms with Gasteiger partial charge in [0.1, 0.15) is 10.7 Å². The maximum absolute atomic E-state index is 12.3. The number of amides is 1. The van der Waals surface area contributed by atoms with Crippen molar-refractivity contribution in [3.63, 3.8) is 0 Å². The van der Waals surface area contributed by atoms with E-state index in [1.54, 1.807) is 18.2 Å². The number of nitrogen functional groups attached to an aromatic ring is 1. The van der Waals surface area contributed by atoms with Gasteiger partial charge in [-0.3, -0.25) is 15.1 Å². The van der Waals surface area contributed by atoms with Crippen molar-refractivity contribution in [2.45, 2.75) is 13.3 Å². The standard InChI is InChI=1S/C13H14ClN5OS/c1-3-10-18-19-13(21-10)17-12(20)11(16-2)8-6-7(14)4-5-9(8)15/h4-6H,3,15H2,1-2H3,(H,17,19,20). The maximum Gasteiger partial charge on any atom is 0.276 e. The Morgan fingerprint density at radius 3 is 2.86 bits per heavy atom. The van der Waals surface area contributed by atoms with Gasteiger partial charge in [0.2, 0.25) is 5.13 Å². The molecule has 0 fully saturated rings. The summed E-state index contributed by atoms with van der Waals surface area (Å²) in [5.74, 6) is -0.398. The van der Waals surface area contributed by atoms with Crippen molar-refractivity contribution in [1.82, 2.24) is 10.2 Å². The number of hydrogen-bond acceptors (Lipinski definition) is 6. The molecule has 110 valence electrons. The summed E-state index contributed by atoms with van der Waals surface area (Å²) in [4.78, 5) is 16.3. The highest BCUT2D eigenvalue weighted by Crippen LogP contribution is 2.20. The summed E-state index contributed by atoms with van der Waals surface area (Å²) >= 11 is 7.27. The Kier molecular flexibility index (Phi) is 4.87. The molecule has 1 amide bonds. The van der Waals surface area contributed by atoms with Crippen LogP contribution in [0.4, 0.5) is 10.8 Å². The molecule has 0 saturated heterocycles. The SMILES string of the molecule is CCc1nnc(NC(=O)C(=NC)c2cc(Cl)ccc2N)s1. The Morgan fingerprint density at radius 1 is 1.48 bits per heavy atom. The van der Waals surface area contributed by atoms with Crippen LogP contribution in [0.2, 0.25) is 5.02 Å². The van der Waals surface area contributed by atoms with Gasteiger partial charge in [0.25, 0.3) is 5.91 Å². The molecule has 1 aromatic carbocycles. The van der Waals surface area contributed by atoms with Crippen LogP contribution in [0.1, 0.15) is 17.5 Å². The number of rotatable bonds is 4. The zero-order chi connectivity index (χ0) is 15.4. The summed E-state index contributed by atoms with van der Waals surface area (Å²) in [6.45, 7) is 1.97. The van der Waals surface area contributed by atoms with Gasteiger partial charge in [-0.2, -0.15) is 0 Å². The number of benzene rings is 1. The van der Waals surface area contributed by atoms with Crippen LogP contribution < -0.4 is 11.1 Å². The van der Waals surface area contributed by atoms with Crippen molar-refractivity contribution in [1.29, 1.82) is 0 Å². The van der Waals surface area contributed by atoms with E-state index >= 15 is 0 Å². The van der Waals surface area contributed by atoms with Gasteiger partial charge in [-0.1, -0.05) is 29.9 Å². The van der Waals surface area contributed by atoms with Gasteiger partial charge < -0.3 is 5.73 Å². The van der Waals surface area contributed by atoms with Gasteiger partial charge in [0, 0.05) is 23.3 Å². The monoisotopic (exact) mass is 323 g/mol. The van der Waals surface area contributed by atoms with E-state index in [1.807, 2.05) is 6.92 Å². The molecule has 0 aliphatic carbocycles. The van der Waals surface area contributed by atoms with Crippen LogP contribution >= 0.6 is 22.9 Å². The summed E-state index contributed by atoms with van der Waals surface area (Å²) < 4.78 is 0. The molecule has 8 heteroatoms. The van der Waals surface area contributed by atoms with Crippen LogP contribution in [0.5, 0.6) is 0 Å². The van der Waals surface area contributed by atoms with Gasteiger partial charge in [-0.05, 0) is 24.6 Å². The van der Waals surface area contributed by atoms with Crippen LogP contribution in [-0.4, -0.2) is 28.9 Å². The lowest BCUT2D eigenvalue weighted by Crippen LogP contribution is -2.24. The smallest absolute Gasteiger partial charge is 0.276 e. The van der Waals surface area contributed by atoms with E-state index in [0.717, 1.165) is 11.4 Å². The molecular formula is C13H14ClN5OS. The lowest BCUT2D eigenvalue weighted by atomic mass is 10.1. The predicted octanol–water partition coefficient (Wildman–Crippen LogP) is 2.39. The van der Waals surface area contributed by atoms with E-state index in [-0.39, 0.29) is 5.71 Å². The minimum absolute atomic E-state index is 0.197. The minimum atomic E-state index is -0.398. The fourth-order valence-electron chi connectivity index (χ4n) is 1.68. The summed E-state index contributed by atoms with van der Waals surface area (Å²) in [6.07, 6.45) is 0.767. The molecule has 3 N–H and O–H groups in total. The van der Waals surface area contributed by atoms with Crippen LogP contribution in [-0.2, 0) is 11.2 Å². The van der Waals surface area contributed by atoms with Gasteiger partial charge in [-0.15, -0.1) is 10.2 Å². The Morgan fingerprint density at radius 2 is 2.24 bits per heavy atom. The Balaban J connectivity index is 2.25. The van der Waals surface area contributed by atoms with E-state index in [1.165, 1.54) is 18.4 Å². The number of aromatic nitrogens is 2. The zero-order valence-corrected chi connectivity index (χ0v) is 13.1. The first-order valence-corrected chi connectivity index (χ1v) is 7.40. The highest BCUT2D eigenvalue weighted by atomic mass is 35.5. The second-order valence-corrected chi connectivity index (χ2v) is 5.61. The van der Waals surface area contributed by atoms with Crippen LogP contribution in [0.3, 0.4) is 0 Å². The van der Waals surface area contributed by atoms with Crippen LogP contribution in [0, 0.1) is 0 Å². The van der Waals surface area contributed by atoms with Crippen molar-refractivity contribution in [2.75, 3.05) is 18.1 Å². The molecule has 2 aromatic rings. The predicted molar refractivity (Wildman–Crippen MR) is 86.2 cm³/mol. The average Bonchev–Trinajstić information content (AvgIpc) is 2.91. The van der Waals surface area contributed by atoms with E-state index in [4.69, 9.17) is 17.3 Å². The van der Waals surface area contributed by atoms with Crippen LogP contribution in [0.15, 0.2) is 23.2 Å². The first-order valence-electron chi connectivity index (χ1n) is 6.21. The zero-order valence-electron chi connectivity index (χ0n) is 11.6. The Bertz CT molecular complexity index is 698. The number of nitrogens with two attached hydrogens (primary N) is 1. The number of carbonyl (C=O) groups excluding carboxylic acids is 1. The first kappa shape index (κ1) is 15.4. The van der Waals surface area contributed by atoms with Crippen molar-refractivity contribution in [3.8, 4) is 0 Å². The summed E-state index contributed by atoms with van der Waals surface area (Å²) in [5, 5.41) is 12.3. The van der Waals surface area contributed by atoms with E-state index < -0.39 is 5.91 Å². The normalized spacial score (nSPS) is 11.5. The molecule has 21 heavy (non-hydrogen) atoms. The average molecular weight is 324 g/mol. The topological polar surface area (TPSA) is 93.3 Å². The molecular weight excluding hydrogens is 310 g/mol. The number of hydrogen-bond donors (Lipinski definition) is 2. The third kappa shape index (κ3) is 3.56. The van der Waals surface area contributed by atoms with E-state index in [0.29, 0.717) is 21.4 Å². The fourth-order valence-corrected chi connectivity index (χ4v) is 2.53. The van der Waals surface area contributed by atoms with Crippen molar-refractivity contribution in [2.24, 2.45) is 4.99 Å². The molecule has 1 heterocycles. The van der Waals surface area contributed by atoms with Crippen LogP contribution in [0.25, 0.3) is 0 Å². The Labute approximate surface area is 131 Å². The molecule has 0 aliphatic heterocycles. The quantitative estimate of drug-likeness (QED) is 0.667. The number of nitrogens with zero attached hydrogens (tertiary/aromatic N) is 3. The van der Waals surface area contributed by atoms with Gasteiger partial charge in [-0.25, -0.2) is 0 Å². The second-order valence-electron chi connectivity index (χ2n) is 4.11. The summed E-state index contributed by atoms with van der Waals surface area (Å²) in [6, 6.07) is 4.90. The molecule has 6 nitrogen and oxygen atoms in total. The highest BCUT2D eigenvalue weighted by molar-refractivity contribution is 7.15. The van der Waals surface area contributed by atoms with E-state index in [2.05, 4.69) is 20.5 Å². The number of carbonyl (C=O) groups is 1. The lowest BCUT2D eigenvalue weighted by Gasteiger charge is -2.08. The molecule has 0 unspecified atom stereocenters. The number of halogens is 1. The van der Waals surface area contributed by atoms with Gasteiger partial charge in [0.05, 0.1) is 0 Å². The number of aliphatic imine (C=N–C) groups is 1. The fraction of sp³-hybridized carbons (Fsp3) is 0.231. The molecule has 2 rings (SSSR count). The van der Waals surface area contributed by atoms with Gasteiger partial charge in [0.15, 0.2) is 0 Å². The first-order chi connectivity index (χ1) is 10.0. The number of aryl methyl sites for hydroxylation is 1. The molecule has 0 atom stereocenters. The largest absolute Gasteiger partial charge is 0.398 e. The Hall–Kier alpha value is -1.99. The van der Waals surface area contributed by atoms with Crippen molar-refractivity contribution >= 4 is 45.4 Å². The molecule has 0 radical (unpaired) electrons. The maximum atomic E-state index is 12.3. The summed E-state index contributed by atoms with van der Waals surface area (Å²) in [5.41, 5.74) is 7.00. The molecule has 0 aliphatic rings. The number of anilines is 2. The van der Waals surface area contributed by atoms with Crippen molar-refractivity contribution < 1.29 is 4.79 Å². The molecule has 0 bridgehead atoms. The molecule has 0 spiro atoms. The third-order valence-electron chi connectivity index (χ3n) is 2.70. The minimum Gasteiger partial charge on any atom is -0.398 e. The second kappa shape index (κ2) is 6.64. The lowest BCUT2D eigenvalue weighted by molar-refractivity contribution is -0.110. The van der Waals surface area contributed by atoms with Gasteiger partial charge >= 0.3 is 0 Å². The summed E-state index contributed by atoms with van der Waals surface area (Å²) in [7, 11) is 1.52. The third-order valence-corrected chi connectivity index (χ3v) is 3.92. The van der Waals surface area contributed by atoms with Crippen molar-refractivity contribution in [3.05, 3.63) is 33.8 Å².